The number of aliphatic hydroxyl groups is 1. The van der Waals surface area contributed by atoms with Crippen LogP contribution in [0.4, 0.5) is 26.3 Å². The normalized spacial score (nSPS) is 11.2. The van der Waals surface area contributed by atoms with Crippen LogP contribution in [0.15, 0.2) is 0 Å². The molecule has 0 heterocycles. The predicted octanol–water partition coefficient (Wildman–Crippen LogP) is -0.266. The molecule has 0 aliphatic rings. The fourth-order valence-corrected chi connectivity index (χ4v) is 3.78. The Kier molecular flexibility index (Phi) is 49.9. The number of halogens is 6. The van der Waals surface area contributed by atoms with Crippen LogP contribution in [0.25, 0.3) is 0 Å². The number of methoxy groups -OCH3 is 1. The molecule has 0 aromatic heterocycles. The predicted molar refractivity (Wildman–Crippen MR) is 177 cm³/mol. The smallest absolute Gasteiger partial charge is 1.00 e. The summed E-state index contributed by atoms with van der Waals surface area (Å²) < 4.78 is 142. The first-order valence-electron chi connectivity index (χ1n) is 16.1. The van der Waals surface area contributed by atoms with E-state index < -0.39 is 63.0 Å². The van der Waals surface area contributed by atoms with Gasteiger partial charge in [0.25, 0.3) is 20.2 Å². The molecule has 0 radical (unpaired) electrons. The monoisotopic (exact) mass is 868 g/mol. The van der Waals surface area contributed by atoms with Gasteiger partial charge in [0.2, 0.25) is 0 Å². The van der Waals surface area contributed by atoms with Crippen LogP contribution in [-0.2, 0) is 53.6 Å². The molecular formula is C29H56F6Na2O15S2. The average molecular weight is 869 g/mol. The zero-order valence-corrected chi connectivity index (χ0v) is 37.1. The van der Waals surface area contributed by atoms with Crippen LogP contribution in [0.2, 0.25) is 0 Å². The molecule has 0 saturated heterocycles. The maximum absolute atomic E-state index is 11.5. The molecule has 0 aliphatic carbocycles. The van der Waals surface area contributed by atoms with E-state index in [9.17, 15) is 57.6 Å². The molecule has 4 N–H and O–H groups in total. The third kappa shape index (κ3) is 80.3. The minimum Gasteiger partial charge on any atom is -1.00 e. The van der Waals surface area contributed by atoms with E-state index in [4.69, 9.17) is 24.1 Å². The van der Waals surface area contributed by atoms with E-state index in [1.54, 1.807) is 7.11 Å². The van der Waals surface area contributed by atoms with Gasteiger partial charge < -0.3 is 27.3 Å². The standard InChI is InChI=1S/C10H20O6S.C9H15F3O2.C8H13F3O3.C2H6O4S.2Na.2H/c1-15-7-5-3-2-4-6-10(11)16-8-9-17(12,13)14;1-8(13)6-4-2-3-5-7-14-9(10,11)12;9-8(10,11)14-6-4-2-1-3-5-7(12)13;3-1-2-7(4,5)6;;;;/h2-9H2,1H3,(H,12,13,14);2-7H2,1H3;1-6H2,(H,12,13);3H,1-2H2,(H,4,5,6);;;;/q;;;;2*+1;2*-1. The van der Waals surface area contributed by atoms with Crippen LogP contribution in [-0.4, -0.2) is 118 Å². The van der Waals surface area contributed by atoms with Crippen LogP contribution in [0.5, 0.6) is 0 Å². The maximum Gasteiger partial charge on any atom is 1.00 e. The Morgan fingerprint density at radius 3 is 1.28 bits per heavy atom. The van der Waals surface area contributed by atoms with E-state index in [0.29, 0.717) is 51.4 Å². The Bertz CT molecular complexity index is 1090. The van der Waals surface area contributed by atoms with Crippen LogP contribution >= 0.6 is 0 Å². The fraction of sp³-hybridized carbons (Fsp3) is 0.897. The van der Waals surface area contributed by atoms with Gasteiger partial charge in [-0.1, -0.05) is 38.5 Å². The second-order valence-electron chi connectivity index (χ2n) is 10.7. The molecule has 0 rings (SSSR count). The molecule has 0 amide bonds. The van der Waals surface area contributed by atoms with E-state index in [0.717, 1.165) is 38.7 Å². The Hall–Kier alpha value is -0.150. The number of carboxylic acid groups (broad SMARTS) is 1. The van der Waals surface area contributed by atoms with Crippen molar-refractivity contribution in [3.8, 4) is 0 Å². The third-order valence-electron chi connectivity index (χ3n) is 5.67. The van der Waals surface area contributed by atoms with Gasteiger partial charge in [-0.25, -0.2) is 0 Å². The number of ether oxygens (including phenoxy) is 4. The Morgan fingerprint density at radius 1 is 0.593 bits per heavy atom. The average Bonchev–Trinajstić information content (AvgIpc) is 2.96. The van der Waals surface area contributed by atoms with Crippen molar-refractivity contribution in [3.05, 3.63) is 0 Å². The molecule has 0 saturated carbocycles. The summed E-state index contributed by atoms with van der Waals surface area (Å²) in [5.41, 5.74) is 0. The van der Waals surface area contributed by atoms with Gasteiger partial charge in [-0.2, -0.15) is 16.8 Å². The summed E-state index contributed by atoms with van der Waals surface area (Å²) in [6.07, 6.45) is -0.0505. The van der Waals surface area contributed by atoms with Gasteiger partial charge in [-0.15, -0.1) is 26.3 Å². The van der Waals surface area contributed by atoms with E-state index in [2.05, 4.69) is 14.2 Å². The first kappa shape index (κ1) is 65.7. The third-order valence-corrected chi connectivity index (χ3v) is 7.05. The maximum atomic E-state index is 11.5. The summed E-state index contributed by atoms with van der Waals surface area (Å²) in [5, 5.41) is 16.1. The molecule has 0 fully saturated rings. The van der Waals surface area contributed by atoms with E-state index >= 15 is 0 Å². The molecule has 15 nitrogen and oxygen atoms in total. The number of hydrogen-bond donors (Lipinski definition) is 4. The topological polar surface area (TPSA) is 237 Å². The molecule has 318 valence electrons. The Morgan fingerprint density at radius 2 is 0.963 bits per heavy atom. The number of aliphatic hydroxyl groups excluding tert-OH is 1. The number of hydrogen-bond acceptors (Lipinski definition) is 12. The molecule has 25 heteroatoms. The number of rotatable bonds is 26. The SMILES string of the molecule is CC(=O)CCCCCCOC(F)(F)F.COCCCCCCC(=O)OCCS(=O)(=O)O.O=C(O)CCCCCCOC(F)(F)F.O=S(=O)(O)CCO.[H-].[H-].[Na+].[Na+]. The van der Waals surface area contributed by atoms with Gasteiger partial charge in [0, 0.05) is 33.0 Å². The number of aliphatic carboxylic acids is 1. The van der Waals surface area contributed by atoms with Gasteiger partial charge in [-0.3, -0.25) is 28.2 Å². The van der Waals surface area contributed by atoms with Gasteiger partial charge >= 0.3 is 83.8 Å². The van der Waals surface area contributed by atoms with Crippen molar-refractivity contribution in [2.24, 2.45) is 0 Å². The number of carboxylic acids is 1. The van der Waals surface area contributed by atoms with Gasteiger partial charge in [0.15, 0.2) is 0 Å². The summed E-state index contributed by atoms with van der Waals surface area (Å²) >= 11 is 0. The van der Waals surface area contributed by atoms with Crippen molar-refractivity contribution in [1.82, 2.24) is 0 Å². The summed E-state index contributed by atoms with van der Waals surface area (Å²) in [6, 6.07) is 0. The first-order chi connectivity index (χ1) is 23.8. The molecule has 0 atom stereocenters. The zero-order valence-electron chi connectivity index (χ0n) is 33.4. The Balaban J connectivity index is -0.0000000921. The second-order valence-corrected chi connectivity index (χ2v) is 13.8. The number of esters is 1. The second kappa shape index (κ2) is 41.0. The van der Waals surface area contributed by atoms with Crippen LogP contribution in [0.1, 0.15) is 106 Å². The minimum atomic E-state index is -4.55. The number of carbonyl (C=O) groups is 3. The summed E-state index contributed by atoms with van der Waals surface area (Å²) in [4.78, 5) is 31.6. The zero-order chi connectivity index (χ0) is 41.1. The quantitative estimate of drug-likeness (QED) is 0.0288. The fourth-order valence-electron chi connectivity index (χ4n) is 3.25. The van der Waals surface area contributed by atoms with E-state index in [1.165, 1.54) is 6.92 Å². The molecule has 0 aliphatic heterocycles. The molecule has 54 heavy (non-hydrogen) atoms. The van der Waals surface area contributed by atoms with Crippen molar-refractivity contribution in [2.45, 2.75) is 116 Å². The van der Waals surface area contributed by atoms with Gasteiger partial charge in [0.1, 0.15) is 18.1 Å². The van der Waals surface area contributed by atoms with Crippen molar-refractivity contribution in [3.63, 3.8) is 0 Å². The molecule has 0 unspecified atom stereocenters. The van der Waals surface area contributed by atoms with Gasteiger partial charge in [0.05, 0.1) is 25.6 Å². The molecule has 0 aromatic carbocycles. The molecule has 0 bridgehead atoms. The first-order valence-corrected chi connectivity index (χ1v) is 19.3. The van der Waals surface area contributed by atoms with Crippen molar-refractivity contribution in [1.29, 1.82) is 0 Å². The summed E-state index contributed by atoms with van der Waals surface area (Å²) in [6.45, 7) is 0.770. The molecular weight excluding hydrogens is 812 g/mol. The van der Waals surface area contributed by atoms with E-state index in [-0.39, 0.29) is 100 Å². The molecule has 0 spiro atoms. The van der Waals surface area contributed by atoms with Crippen LogP contribution < -0.4 is 59.1 Å². The number of Topliss-reactive ketones (excluding diaryl/α,β-unsaturated/α-hetero) is 1. The van der Waals surface area contributed by atoms with Crippen molar-refractivity contribution in [2.75, 3.05) is 51.6 Å². The minimum absolute atomic E-state index is 0. The van der Waals surface area contributed by atoms with Crippen LogP contribution in [0, 0.1) is 0 Å². The summed E-state index contributed by atoms with van der Waals surface area (Å²) in [7, 11) is -6.33. The number of alkyl halides is 6. The Labute approximate surface area is 361 Å². The van der Waals surface area contributed by atoms with E-state index in [1.807, 2.05) is 0 Å². The van der Waals surface area contributed by atoms with Gasteiger partial charge in [-0.05, 0) is 45.4 Å². The molecule has 0 aromatic rings. The number of unbranched alkanes of at least 4 members (excludes halogenated alkanes) is 9. The number of ketones is 1. The van der Waals surface area contributed by atoms with Crippen LogP contribution in [0.3, 0.4) is 0 Å². The number of carbonyl (C=O) groups excluding carboxylic acids is 2. The van der Waals surface area contributed by atoms with Crippen molar-refractivity contribution < 1.29 is 158 Å². The largest absolute Gasteiger partial charge is 1.00 e. The summed E-state index contributed by atoms with van der Waals surface area (Å²) in [5.74, 6) is -2.31. The van der Waals surface area contributed by atoms with Crippen molar-refractivity contribution >= 4 is 38.0 Å².